The summed E-state index contributed by atoms with van der Waals surface area (Å²) in [6.45, 7) is 3.86. The van der Waals surface area contributed by atoms with Crippen LogP contribution in [0.4, 0.5) is 5.69 Å². The number of anilines is 1. The number of benzene rings is 2. The molecule has 2 rings (SSSR count). The highest BCUT2D eigenvalue weighted by Gasteiger charge is 2.19. The molecule has 0 heterocycles. The van der Waals surface area contributed by atoms with E-state index in [9.17, 15) is 4.79 Å². The fraction of sp³-hybridized carbons (Fsp3) is 0.235. The zero-order chi connectivity index (χ0) is 15.2. The summed E-state index contributed by atoms with van der Waals surface area (Å²) in [6.07, 6.45) is 0.0225. The standard InChI is InChI=1S/C17H18ClNO2/c1-3-16(21-13-7-5-4-6-8-13)17(20)19-15-10-9-12(2)11-14(15)18/h4-11,16H,3H2,1-2H3,(H,19,20). The van der Waals surface area contributed by atoms with E-state index >= 15 is 0 Å². The molecule has 1 unspecified atom stereocenters. The maximum atomic E-state index is 12.3. The van der Waals surface area contributed by atoms with Gasteiger partial charge in [0.05, 0.1) is 10.7 Å². The van der Waals surface area contributed by atoms with Gasteiger partial charge in [-0.05, 0) is 43.2 Å². The van der Waals surface area contributed by atoms with Gasteiger partial charge >= 0.3 is 0 Å². The van der Waals surface area contributed by atoms with E-state index in [1.165, 1.54) is 0 Å². The molecule has 0 bridgehead atoms. The maximum Gasteiger partial charge on any atom is 0.265 e. The molecule has 4 heteroatoms. The fourth-order valence-corrected chi connectivity index (χ4v) is 2.20. The van der Waals surface area contributed by atoms with Gasteiger partial charge in [0.25, 0.3) is 5.91 Å². The lowest BCUT2D eigenvalue weighted by atomic mass is 10.2. The zero-order valence-corrected chi connectivity index (χ0v) is 12.9. The molecule has 0 spiro atoms. The van der Waals surface area contributed by atoms with E-state index in [0.29, 0.717) is 22.9 Å². The van der Waals surface area contributed by atoms with Crippen molar-refractivity contribution in [2.45, 2.75) is 26.4 Å². The normalized spacial score (nSPS) is 11.8. The number of ether oxygens (including phenoxy) is 1. The van der Waals surface area contributed by atoms with Crippen LogP contribution in [-0.4, -0.2) is 12.0 Å². The Morgan fingerprint density at radius 2 is 1.95 bits per heavy atom. The first-order valence-electron chi connectivity index (χ1n) is 6.89. The Hall–Kier alpha value is -2.00. The minimum Gasteiger partial charge on any atom is -0.481 e. The Morgan fingerprint density at radius 1 is 1.24 bits per heavy atom. The van der Waals surface area contributed by atoms with Crippen LogP contribution in [0.5, 0.6) is 5.75 Å². The van der Waals surface area contributed by atoms with Crippen LogP contribution < -0.4 is 10.1 Å². The van der Waals surface area contributed by atoms with E-state index in [-0.39, 0.29) is 5.91 Å². The fourth-order valence-electron chi connectivity index (χ4n) is 1.92. The second-order valence-corrected chi connectivity index (χ2v) is 5.21. The van der Waals surface area contributed by atoms with Gasteiger partial charge in [0, 0.05) is 0 Å². The second kappa shape index (κ2) is 7.14. The van der Waals surface area contributed by atoms with Crippen LogP contribution in [-0.2, 0) is 4.79 Å². The van der Waals surface area contributed by atoms with Crippen LogP contribution in [0.2, 0.25) is 5.02 Å². The van der Waals surface area contributed by atoms with E-state index in [4.69, 9.17) is 16.3 Å². The minimum absolute atomic E-state index is 0.202. The molecule has 2 aromatic carbocycles. The van der Waals surface area contributed by atoms with Crippen molar-refractivity contribution in [2.75, 3.05) is 5.32 Å². The van der Waals surface area contributed by atoms with Crippen LogP contribution in [0.25, 0.3) is 0 Å². The second-order valence-electron chi connectivity index (χ2n) is 4.80. The molecule has 21 heavy (non-hydrogen) atoms. The first-order chi connectivity index (χ1) is 10.1. The molecule has 0 aliphatic carbocycles. The third-order valence-electron chi connectivity index (χ3n) is 3.07. The summed E-state index contributed by atoms with van der Waals surface area (Å²) < 4.78 is 5.71. The lowest BCUT2D eigenvalue weighted by Crippen LogP contribution is -2.32. The van der Waals surface area contributed by atoms with Crippen LogP contribution in [0.15, 0.2) is 48.5 Å². The molecular formula is C17H18ClNO2. The van der Waals surface area contributed by atoms with E-state index in [0.717, 1.165) is 5.56 Å². The predicted octanol–water partition coefficient (Wildman–Crippen LogP) is 4.44. The molecule has 0 fully saturated rings. The molecule has 1 N–H and O–H groups in total. The van der Waals surface area contributed by atoms with E-state index in [2.05, 4.69) is 5.32 Å². The number of nitrogens with one attached hydrogen (secondary N) is 1. The van der Waals surface area contributed by atoms with Gasteiger partial charge in [-0.1, -0.05) is 42.8 Å². The van der Waals surface area contributed by atoms with Gasteiger partial charge in [0.15, 0.2) is 6.10 Å². The predicted molar refractivity (Wildman–Crippen MR) is 86.0 cm³/mol. The quantitative estimate of drug-likeness (QED) is 0.886. The van der Waals surface area contributed by atoms with Crippen LogP contribution in [0.3, 0.4) is 0 Å². The van der Waals surface area contributed by atoms with Crippen molar-refractivity contribution in [1.29, 1.82) is 0 Å². The van der Waals surface area contributed by atoms with E-state index in [1.807, 2.05) is 56.3 Å². The summed E-state index contributed by atoms with van der Waals surface area (Å²) in [5.41, 5.74) is 1.65. The molecule has 3 nitrogen and oxygen atoms in total. The number of para-hydroxylation sites is 1. The average Bonchev–Trinajstić information content (AvgIpc) is 2.48. The van der Waals surface area contributed by atoms with Gasteiger partial charge in [-0.15, -0.1) is 0 Å². The first kappa shape index (κ1) is 15.4. The van der Waals surface area contributed by atoms with Gasteiger partial charge in [0.1, 0.15) is 5.75 Å². The monoisotopic (exact) mass is 303 g/mol. The molecule has 0 radical (unpaired) electrons. The number of hydrogen-bond donors (Lipinski definition) is 1. The number of aryl methyl sites for hydroxylation is 1. The molecule has 0 aromatic heterocycles. The van der Waals surface area contributed by atoms with Crippen molar-refractivity contribution in [2.24, 2.45) is 0 Å². The highest BCUT2D eigenvalue weighted by molar-refractivity contribution is 6.33. The number of carbonyl (C=O) groups excluding carboxylic acids is 1. The molecule has 1 atom stereocenters. The number of hydrogen-bond acceptors (Lipinski definition) is 2. The maximum absolute atomic E-state index is 12.3. The molecule has 0 aliphatic heterocycles. The van der Waals surface area contributed by atoms with Crippen molar-refractivity contribution in [3.05, 3.63) is 59.1 Å². The number of carbonyl (C=O) groups is 1. The molecular weight excluding hydrogens is 286 g/mol. The number of rotatable bonds is 5. The third-order valence-corrected chi connectivity index (χ3v) is 3.38. The van der Waals surface area contributed by atoms with Crippen molar-refractivity contribution >= 4 is 23.2 Å². The number of halogens is 1. The van der Waals surface area contributed by atoms with Gasteiger partial charge in [-0.2, -0.15) is 0 Å². The molecule has 0 saturated carbocycles. The molecule has 0 saturated heterocycles. The first-order valence-corrected chi connectivity index (χ1v) is 7.26. The van der Waals surface area contributed by atoms with Gasteiger partial charge in [-0.3, -0.25) is 4.79 Å². The summed E-state index contributed by atoms with van der Waals surface area (Å²) in [7, 11) is 0. The summed E-state index contributed by atoms with van der Waals surface area (Å²) in [4.78, 5) is 12.3. The third kappa shape index (κ3) is 4.23. The summed E-state index contributed by atoms with van der Waals surface area (Å²) in [5, 5.41) is 3.34. The van der Waals surface area contributed by atoms with Gasteiger partial charge < -0.3 is 10.1 Å². The smallest absolute Gasteiger partial charge is 0.265 e. The molecule has 2 aromatic rings. The van der Waals surface area contributed by atoms with Crippen molar-refractivity contribution in [3.8, 4) is 5.75 Å². The topological polar surface area (TPSA) is 38.3 Å². The van der Waals surface area contributed by atoms with Crippen LogP contribution >= 0.6 is 11.6 Å². The summed E-state index contributed by atoms with van der Waals surface area (Å²) in [5.74, 6) is 0.474. The average molecular weight is 304 g/mol. The Kier molecular flexibility index (Phi) is 5.23. The Balaban J connectivity index is 2.06. The van der Waals surface area contributed by atoms with Gasteiger partial charge in [-0.25, -0.2) is 0 Å². The highest BCUT2D eigenvalue weighted by atomic mass is 35.5. The van der Waals surface area contributed by atoms with Crippen LogP contribution in [0.1, 0.15) is 18.9 Å². The Morgan fingerprint density at radius 3 is 2.57 bits per heavy atom. The van der Waals surface area contributed by atoms with E-state index in [1.54, 1.807) is 6.07 Å². The Labute approximate surface area is 129 Å². The molecule has 1 amide bonds. The minimum atomic E-state index is -0.551. The largest absolute Gasteiger partial charge is 0.481 e. The summed E-state index contributed by atoms with van der Waals surface area (Å²) in [6, 6.07) is 14.8. The van der Waals surface area contributed by atoms with Crippen molar-refractivity contribution in [3.63, 3.8) is 0 Å². The van der Waals surface area contributed by atoms with Gasteiger partial charge in [0.2, 0.25) is 0 Å². The summed E-state index contributed by atoms with van der Waals surface area (Å²) >= 11 is 6.13. The van der Waals surface area contributed by atoms with Crippen molar-refractivity contribution in [1.82, 2.24) is 0 Å². The van der Waals surface area contributed by atoms with Crippen molar-refractivity contribution < 1.29 is 9.53 Å². The molecule has 0 aliphatic rings. The SMILES string of the molecule is CCC(Oc1ccccc1)C(=O)Nc1ccc(C)cc1Cl. The Bertz CT molecular complexity index is 613. The molecule has 110 valence electrons. The number of amides is 1. The highest BCUT2D eigenvalue weighted by Crippen LogP contribution is 2.23. The zero-order valence-electron chi connectivity index (χ0n) is 12.1. The lowest BCUT2D eigenvalue weighted by Gasteiger charge is -2.17. The van der Waals surface area contributed by atoms with E-state index < -0.39 is 6.10 Å². The lowest BCUT2D eigenvalue weighted by molar-refractivity contribution is -0.122. The van der Waals surface area contributed by atoms with Crippen LogP contribution in [0, 0.1) is 6.92 Å².